The number of ether oxygens (including phenoxy) is 2. The highest BCUT2D eigenvalue weighted by molar-refractivity contribution is 7.12. The standard InChI is InChI=1S/C23H38N4O3S/c1-5-19-12-20-21(31-19)6-10-30-23(20)7-8-27(17(2)13-23)15-18(26-24)14-25-16-22(3,4)29-11-9-28/h12,14,17,28H,5-11,13,15-16,24H2,1-4H3/b25-14?,26-18+/t17-,23+/m0/s1. The molecule has 0 unspecified atom stereocenters. The number of aryl methyl sites for hydroxylation is 1. The van der Waals surface area contributed by atoms with Gasteiger partial charge in [0.1, 0.15) is 0 Å². The van der Waals surface area contributed by atoms with Crippen LogP contribution in [-0.2, 0) is 27.9 Å². The first kappa shape index (κ1) is 24.3. The third-order valence-electron chi connectivity index (χ3n) is 6.29. The number of aliphatic hydroxyl groups excluding tert-OH is 1. The molecule has 1 aromatic rings. The van der Waals surface area contributed by atoms with Crippen LogP contribution in [0.5, 0.6) is 0 Å². The van der Waals surface area contributed by atoms with Gasteiger partial charge in [-0.15, -0.1) is 11.3 Å². The van der Waals surface area contributed by atoms with Crippen molar-refractivity contribution in [2.24, 2.45) is 15.9 Å². The number of nitrogens with zero attached hydrogens (tertiary/aromatic N) is 3. The second-order valence-corrected chi connectivity index (χ2v) is 10.4. The summed E-state index contributed by atoms with van der Waals surface area (Å²) >= 11 is 1.96. The first-order valence-electron chi connectivity index (χ1n) is 11.3. The molecule has 1 saturated heterocycles. The minimum atomic E-state index is -0.433. The SMILES string of the molecule is CCc1cc2c(s1)CCO[C@@]21CCN(C/C(C=NCC(C)(C)OCCO)=N/N)[C@@H](C)C1. The maximum atomic E-state index is 8.94. The number of thiophene rings is 1. The molecule has 174 valence electrons. The number of hydrogen-bond donors (Lipinski definition) is 2. The second-order valence-electron chi connectivity index (χ2n) is 9.19. The van der Waals surface area contributed by atoms with E-state index >= 15 is 0 Å². The van der Waals surface area contributed by atoms with Gasteiger partial charge in [-0.05, 0) is 51.7 Å². The van der Waals surface area contributed by atoms with E-state index < -0.39 is 5.60 Å². The van der Waals surface area contributed by atoms with E-state index in [0.717, 1.165) is 44.5 Å². The predicted octanol–water partition coefficient (Wildman–Crippen LogP) is 2.74. The molecule has 7 nitrogen and oxygen atoms in total. The van der Waals surface area contributed by atoms with Crippen LogP contribution in [0.4, 0.5) is 0 Å². The van der Waals surface area contributed by atoms with Gasteiger partial charge in [-0.2, -0.15) is 5.10 Å². The van der Waals surface area contributed by atoms with Crippen LogP contribution < -0.4 is 5.84 Å². The number of rotatable bonds is 9. The molecule has 0 saturated carbocycles. The third-order valence-corrected chi connectivity index (χ3v) is 7.62. The largest absolute Gasteiger partial charge is 0.394 e. The summed E-state index contributed by atoms with van der Waals surface area (Å²) in [6.07, 6.45) is 5.85. The van der Waals surface area contributed by atoms with E-state index in [2.05, 4.69) is 34.9 Å². The van der Waals surface area contributed by atoms with E-state index in [1.165, 1.54) is 15.3 Å². The molecule has 2 aliphatic rings. The summed E-state index contributed by atoms with van der Waals surface area (Å²) in [5.74, 6) is 5.67. The van der Waals surface area contributed by atoms with Crippen molar-refractivity contribution in [2.75, 3.05) is 39.5 Å². The summed E-state index contributed by atoms with van der Waals surface area (Å²) in [6, 6.07) is 2.75. The van der Waals surface area contributed by atoms with Crippen molar-refractivity contribution in [3.63, 3.8) is 0 Å². The lowest BCUT2D eigenvalue weighted by Gasteiger charge is -2.47. The molecule has 1 spiro atoms. The molecule has 0 aromatic carbocycles. The van der Waals surface area contributed by atoms with Crippen LogP contribution in [-0.4, -0.2) is 73.0 Å². The molecular formula is C23H38N4O3S. The molecule has 2 aliphatic heterocycles. The fourth-order valence-corrected chi connectivity index (χ4v) is 5.75. The minimum Gasteiger partial charge on any atom is -0.394 e. The lowest BCUT2D eigenvalue weighted by Crippen LogP contribution is -2.51. The van der Waals surface area contributed by atoms with Gasteiger partial charge in [0.05, 0.1) is 43.3 Å². The van der Waals surface area contributed by atoms with Gasteiger partial charge in [0.15, 0.2) is 0 Å². The smallest absolute Gasteiger partial charge is 0.0969 e. The highest BCUT2D eigenvalue weighted by atomic mass is 32.1. The normalized spacial score (nSPS) is 25.5. The van der Waals surface area contributed by atoms with Crippen LogP contribution >= 0.6 is 11.3 Å². The molecule has 2 atom stereocenters. The molecule has 0 radical (unpaired) electrons. The molecule has 3 rings (SSSR count). The number of nitrogens with two attached hydrogens (primary N) is 1. The van der Waals surface area contributed by atoms with E-state index in [1.807, 2.05) is 25.2 Å². The number of hydrazone groups is 1. The van der Waals surface area contributed by atoms with Crippen LogP contribution in [0.3, 0.4) is 0 Å². The van der Waals surface area contributed by atoms with Crippen LogP contribution in [0.15, 0.2) is 16.2 Å². The maximum Gasteiger partial charge on any atom is 0.0969 e. The summed E-state index contributed by atoms with van der Waals surface area (Å²) < 4.78 is 12.0. The van der Waals surface area contributed by atoms with E-state index in [-0.39, 0.29) is 12.2 Å². The Morgan fingerprint density at radius 3 is 3.00 bits per heavy atom. The Labute approximate surface area is 190 Å². The fraction of sp³-hybridized carbons (Fsp3) is 0.739. The molecule has 0 bridgehead atoms. The molecule has 3 N–H and O–H groups in total. The van der Waals surface area contributed by atoms with Crippen molar-refractivity contribution in [1.29, 1.82) is 0 Å². The van der Waals surface area contributed by atoms with Crippen molar-refractivity contribution in [3.05, 3.63) is 21.4 Å². The third kappa shape index (κ3) is 5.93. The number of hydrogen-bond acceptors (Lipinski definition) is 8. The van der Waals surface area contributed by atoms with Gasteiger partial charge in [0.2, 0.25) is 0 Å². The summed E-state index contributed by atoms with van der Waals surface area (Å²) in [5, 5.41) is 12.9. The molecule has 0 aliphatic carbocycles. The zero-order valence-corrected chi connectivity index (χ0v) is 20.2. The van der Waals surface area contributed by atoms with Crippen molar-refractivity contribution < 1.29 is 14.6 Å². The summed E-state index contributed by atoms with van der Waals surface area (Å²) in [6.45, 7) is 11.6. The average Bonchev–Trinajstić information content (AvgIpc) is 3.18. The number of aliphatic hydroxyl groups is 1. The van der Waals surface area contributed by atoms with Crippen LogP contribution in [0.25, 0.3) is 0 Å². The Morgan fingerprint density at radius 2 is 2.32 bits per heavy atom. The topological polar surface area (TPSA) is 92.7 Å². The van der Waals surface area contributed by atoms with Gasteiger partial charge in [-0.3, -0.25) is 9.89 Å². The molecule has 1 fully saturated rings. The quantitative estimate of drug-likeness (QED) is 0.343. The molecular weight excluding hydrogens is 412 g/mol. The zero-order valence-electron chi connectivity index (χ0n) is 19.4. The lowest BCUT2D eigenvalue weighted by molar-refractivity contribution is -0.108. The second kappa shape index (κ2) is 10.5. The monoisotopic (exact) mass is 450 g/mol. The highest BCUT2D eigenvalue weighted by Gasteiger charge is 2.44. The van der Waals surface area contributed by atoms with E-state index in [0.29, 0.717) is 25.7 Å². The van der Waals surface area contributed by atoms with Gasteiger partial charge < -0.3 is 20.4 Å². The number of likely N-dealkylation sites (tertiary alicyclic amines) is 1. The number of piperidine rings is 1. The van der Waals surface area contributed by atoms with E-state index in [1.54, 1.807) is 6.21 Å². The number of aliphatic imine (C=N–C) groups is 1. The molecule has 0 amide bonds. The van der Waals surface area contributed by atoms with Gasteiger partial charge in [0, 0.05) is 41.5 Å². The van der Waals surface area contributed by atoms with Crippen molar-refractivity contribution in [2.45, 2.75) is 70.6 Å². The first-order valence-corrected chi connectivity index (χ1v) is 12.2. The molecule has 8 heteroatoms. The van der Waals surface area contributed by atoms with Crippen molar-refractivity contribution in [3.8, 4) is 0 Å². The van der Waals surface area contributed by atoms with Gasteiger partial charge >= 0.3 is 0 Å². The Hall–Kier alpha value is -1.32. The number of fused-ring (bicyclic) bond motifs is 2. The lowest BCUT2D eigenvalue weighted by atomic mass is 9.79. The Balaban J connectivity index is 1.60. The van der Waals surface area contributed by atoms with Crippen LogP contribution in [0, 0.1) is 0 Å². The van der Waals surface area contributed by atoms with Gasteiger partial charge in [0.25, 0.3) is 0 Å². The average molecular weight is 451 g/mol. The van der Waals surface area contributed by atoms with Crippen LogP contribution in [0.1, 0.15) is 55.9 Å². The van der Waals surface area contributed by atoms with E-state index in [9.17, 15) is 0 Å². The highest BCUT2D eigenvalue weighted by Crippen LogP contribution is 2.46. The van der Waals surface area contributed by atoms with Crippen LogP contribution in [0.2, 0.25) is 0 Å². The fourth-order valence-electron chi connectivity index (χ4n) is 4.57. The maximum absolute atomic E-state index is 8.94. The van der Waals surface area contributed by atoms with Gasteiger partial charge in [-0.25, -0.2) is 0 Å². The molecule has 3 heterocycles. The minimum absolute atomic E-state index is 0.00728. The Morgan fingerprint density at radius 1 is 1.52 bits per heavy atom. The molecule has 1 aromatic heterocycles. The van der Waals surface area contributed by atoms with Gasteiger partial charge in [-0.1, -0.05) is 6.92 Å². The Bertz CT molecular complexity index is 792. The van der Waals surface area contributed by atoms with Crippen molar-refractivity contribution >= 4 is 23.3 Å². The summed E-state index contributed by atoms with van der Waals surface area (Å²) in [5.41, 5.74) is 1.62. The molecule has 31 heavy (non-hydrogen) atoms. The predicted molar refractivity (Wildman–Crippen MR) is 127 cm³/mol. The van der Waals surface area contributed by atoms with E-state index in [4.69, 9.17) is 20.4 Å². The Kier molecular flexibility index (Phi) is 8.26. The van der Waals surface area contributed by atoms with Crippen molar-refractivity contribution in [1.82, 2.24) is 4.90 Å². The summed E-state index contributed by atoms with van der Waals surface area (Å²) in [4.78, 5) is 9.89. The first-order chi connectivity index (χ1) is 14.8. The zero-order chi connectivity index (χ0) is 22.5. The summed E-state index contributed by atoms with van der Waals surface area (Å²) in [7, 11) is 0.